The zero-order chi connectivity index (χ0) is 20.8. The van der Waals surface area contributed by atoms with Crippen LogP contribution in [-0.2, 0) is 10.0 Å². The Morgan fingerprint density at radius 2 is 1.68 bits per heavy atom. The number of piperazine rings is 1. The molecule has 1 aliphatic rings. The van der Waals surface area contributed by atoms with Crippen LogP contribution in [0.5, 0.6) is 0 Å². The molecule has 0 saturated carbocycles. The number of carbonyl (C=O) groups is 2. The van der Waals surface area contributed by atoms with Gasteiger partial charge in [-0.2, -0.15) is 4.31 Å². The lowest BCUT2D eigenvalue weighted by Crippen LogP contribution is -2.50. The van der Waals surface area contributed by atoms with Crippen LogP contribution in [0.2, 0.25) is 0 Å². The second kappa shape index (κ2) is 7.17. The number of ketones is 1. The Labute approximate surface area is 163 Å². The Morgan fingerprint density at radius 3 is 2.14 bits per heavy atom. The van der Waals surface area contributed by atoms with Crippen LogP contribution in [-0.4, -0.2) is 65.6 Å². The number of hydrogen-bond acceptors (Lipinski definition) is 6. The molecule has 152 valence electrons. The Balaban J connectivity index is 1.77. The first-order valence-electron chi connectivity index (χ1n) is 8.98. The van der Waals surface area contributed by atoms with E-state index in [1.807, 2.05) is 0 Å². The molecule has 0 aliphatic carbocycles. The van der Waals surface area contributed by atoms with Crippen LogP contribution in [0.3, 0.4) is 0 Å². The SMILES string of the molecule is CC(=O)c1c(C)[nH]c(C(=O)N2CCN(S(=O)(=O)c3c(C)noc3C)CC2)c1C. The van der Waals surface area contributed by atoms with E-state index in [4.69, 9.17) is 4.52 Å². The maximum Gasteiger partial charge on any atom is 0.270 e. The van der Waals surface area contributed by atoms with Crippen LogP contribution in [0.25, 0.3) is 0 Å². The van der Waals surface area contributed by atoms with Gasteiger partial charge in [-0.15, -0.1) is 0 Å². The molecule has 0 spiro atoms. The lowest BCUT2D eigenvalue weighted by Gasteiger charge is -2.33. The molecule has 1 amide bonds. The number of Topliss-reactive ketones (excluding diaryl/α,β-unsaturated/α-hetero) is 1. The number of amides is 1. The van der Waals surface area contributed by atoms with E-state index in [1.54, 1.807) is 32.6 Å². The van der Waals surface area contributed by atoms with Crippen molar-refractivity contribution < 1.29 is 22.5 Å². The van der Waals surface area contributed by atoms with E-state index in [-0.39, 0.29) is 48.5 Å². The molecule has 3 rings (SSSR count). The monoisotopic (exact) mass is 408 g/mol. The number of aromatic amines is 1. The summed E-state index contributed by atoms with van der Waals surface area (Å²) in [6, 6.07) is 0. The van der Waals surface area contributed by atoms with Crippen LogP contribution >= 0.6 is 0 Å². The Hall–Kier alpha value is -2.46. The van der Waals surface area contributed by atoms with Gasteiger partial charge in [-0.25, -0.2) is 8.42 Å². The molecule has 2 aromatic rings. The highest BCUT2D eigenvalue weighted by Gasteiger charge is 2.35. The number of sulfonamides is 1. The fourth-order valence-corrected chi connectivity index (χ4v) is 5.47. The number of H-pyrrole nitrogens is 1. The van der Waals surface area contributed by atoms with E-state index < -0.39 is 10.0 Å². The Morgan fingerprint density at radius 1 is 1.07 bits per heavy atom. The summed E-state index contributed by atoms with van der Waals surface area (Å²) in [7, 11) is -3.73. The molecule has 10 heteroatoms. The summed E-state index contributed by atoms with van der Waals surface area (Å²) < 4.78 is 32.1. The molecule has 0 bridgehead atoms. The number of aryl methyl sites for hydroxylation is 3. The summed E-state index contributed by atoms with van der Waals surface area (Å²) in [6.07, 6.45) is 0. The quantitative estimate of drug-likeness (QED) is 0.768. The molecule has 9 nitrogen and oxygen atoms in total. The largest absolute Gasteiger partial charge is 0.360 e. The third kappa shape index (κ3) is 3.26. The molecular formula is C18H24N4O5S. The molecule has 1 saturated heterocycles. The van der Waals surface area contributed by atoms with Crippen LogP contribution < -0.4 is 0 Å². The van der Waals surface area contributed by atoms with Gasteiger partial charge in [0.15, 0.2) is 11.5 Å². The van der Waals surface area contributed by atoms with Crippen molar-refractivity contribution in [1.29, 1.82) is 0 Å². The van der Waals surface area contributed by atoms with Crippen molar-refractivity contribution in [3.8, 4) is 0 Å². The zero-order valence-electron chi connectivity index (χ0n) is 16.6. The van der Waals surface area contributed by atoms with Crippen LogP contribution in [0.4, 0.5) is 0 Å². The fraction of sp³-hybridized carbons (Fsp3) is 0.500. The molecule has 0 aromatic carbocycles. The summed E-state index contributed by atoms with van der Waals surface area (Å²) >= 11 is 0. The summed E-state index contributed by atoms with van der Waals surface area (Å²) in [5.41, 5.74) is 2.52. The van der Waals surface area contributed by atoms with Gasteiger partial charge < -0.3 is 14.4 Å². The van der Waals surface area contributed by atoms with Gasteiger partial charge in [0.05, 0.1) is 0 Å². The predicted octanol–water partition coefficient (Wildman–Crippen LogP) is 1.59. The van der Waals surface area contributed by atoms with Gasteiger partial charge in [-0.05, 0) is 40.2 Å². The van der Waals surface area contributed by atoms with Gasteiger partial charge in [-0.3, -0.25) is 9.59 Å². The minimum absolute atomic E-state index is 0.0919. The molecule has 0 radical (unpaired) electrons. The first-order chi connectivity index (χ1) is 13.1. The van der Waals surface area contributed by atoms with Gasteiger partial charge in [0, 0.05) is 37.4 Å². The summed E-state index contributed by atoms with van der Waals surface area (Å²) in [5, 5.41) is 3.72. The van der Waals surface area contributed by atoms with Crippen molar-refractivity contribution in [1.82, 2.24) is 19.3 Å². The van der Waals surface area contributed by atoms with Crippen molar-refractivity contribution in [2.75, 3.05) is 26.2 Å². The fourth-order valence-electron chi connectivity index (χ4n) is 3.75. The van der Waals surface area contributed by atoms with Crippen LogP contribution in [0.1, 0.15) is 50.5 Å². The standard InChI is InChI=1S/C18H24N4O5S/c1-10-15(13(4)23)11(2)19-16(10)18(24)21-6-8-22(9-7-21)28(25,26)17-12(3)20-27-14(17)5/h19H,6-9H2,1-5H3. The lowest BCUT2D eigenvalue weighted by molar-refractivity contribution is 0.0691. The lowest BCUT2D eigenvalue weighted by atomic mass is 10.1. The van der Waals surface area contributed by atoms with Crippen molar-refractivity contribution >= 4 is 21.7 Å². The number of nitrogens with zero attached hydrogens (tertiary/aromatic N) is 3. The topological polar surface area (TPSA) is 117 Å². The van der Waals surface area contributed by atoms with Gasteiger partial charge in [0.2, 0.25) is 10.0 Å². The number of nitrogens with one attached hydrogen (secondary N) is 1. The first-order valence-corrected chi connectivity index (χ1v) is 10.4. The van der Waals surface area contributed by atoms with E-state index in [0.29, 0.717) is 28.2 Å². The summed E-state index contributed by atoms with van der Waals surface area (Å²) in [6.45, 7) is 8.99. The van der Waals surface area contributed by atoms with E-state index >= 15 is 0 Å². The number of carbonyl (C=O) groups excluding carboxylic acids is 2. The van der Waals surface area contributed by atoms with E-state index in [9.17, 15) is 18.0 Å². The molecule has 28 heavy (non-hydrogen) atoms. The van der Waals surface area contributed by atoms with Crippen LogP contribution in [0.15, 0.2) is 9.42 Å². The number of aromatic nitrogens is 2. The highest BCUT2D eigenvalue weighted by molar-refractivity contribution is 7.89. The minimum atomic E-state index is -3.73. The second-order valence-electron chi connectivity index (χ2n) is 7.03. The zero-order valence-corrected chi connectivity index (χ0v) is 17.4. The average molecular weight is 408 g/mol. The van der Waals surface area contributed by atoms with Gasteiger partial charge in [0.25, 0.3) is 5.91 Å². The average Bonchev–Trinajstić information content (AvgIpc) is 3.12. The summed E-state index contributed by atoms with van der Waals surface area (Å²) in [5.74, 6) is -0.0755. The molecular weight excluding hydrogens is 384 g/mol. The molecule has 1 aliphatic heterocycles. The minimum Gasteiger partial charge on any atom is -0.360 e. The third-order valence-electron chi connectivity index (χ3n) is 5.10. The highest BCUT2D eigenvalue weighted by Crippen LogP contribution is 2.25. The molecule has 1 N–H and O–H groups in total. The summed E-state index contributed by atoms with van der Waals surface area (Å²) in [4.78, 5) is 29.4. The molecule has 0 atom stereocenters. The van der Waals surface area contributed by atoms with E-state index in [0.717, 1.165) is 0 Å². The molecule has 3 heterocycles. The molecule has 0 unspecified atom stereocenters. The molecule has 1 fully saturated rings. The first kappa shape index (κ1) is 20.3. The molecule has 2 aromatic heterocycles. The van der Waals surface area contributed by atoms with Crippen LogP contribution in [0, 0.1) is 27.7 Å². The van der Waals surface area contributed by atoms with Crippen molar-refractivity contribution in [2.24, 2.45) is 0 Å². The van der Waals surface area contributed by atoms with Gasteiger partial charge in [-0.1, -0.05) is 5.16 Å². The normalized spacial score (nSPS) is 15.8. The van der Waals surface area contributed by atoms with Crippen molar-refractivity contribution in [3.05, 3.63) is 34.0 Å². The maximum atomic E-state index is 12.9. The Kier molecular flexibility index (Phi) is 5.20. The maximum absolute atomic E-state index is 12.9. The third-order valence-corrected chi connectivity index (χ3v) is 7.24. The van der Waals surface area contributed by atoms with Gasteiger partial charge in [0.1, 0.15) is 16.3 Å². The second-order valence-corrected chi connectivity index (χ2v) is 8.91. The number of hydrogen-bond donors (Lipinski definition) is 1. The van der Waals surface area contributed by atoms with E-state index in [1.165, 1.54) is 11.2 Å². The highest BCUT2D eigenvalue weighted by atomic mass is 32.2. The predicted molar refractivity (Wildman–Crippen MR) is 101 cm³/mol. The van der Waals surface area contributed by atoms with E-state index in [2.05, 4.69) is 10.1 Å². The number of rotatable bonds is 4. The van der Waals surface area contributed by atoms with Crippen molar-refractivity contribution in [2.45, 2.75) is 39.5 Å². The van der Waals surface area contributed by atoms with Gasteiger partial charge >= 0.3 is 0 Å². The smallest absolute Gasteiger partial charge is 0.270 e. The Bertz CT molecular complexity index is 1020. The van der Waals surface area contributed by atoms with Crippen molar-refractivity contribution in [3.63, 3.8) is 0 Å².